The van der Waals surface area contributed by atoms with Crippen molar-refractivity contribution in [3.63, 3.8) is 0 Å². The van der Waals surface area contributed by atoms with E-state index in [0.29, 0.717) is 18.7 Å². The fraction of sp³-hybridized carbons (Fsp3) is 0.391. The van der Waals surface area contributed by atoms with Gasteiger partial charge in [0.2, 0.25) is 10.0 Å². The summed E-state index contributed by atoms with van der Waals surface area (Å²) in [7, 11) is -2.44. The van der Waals surface area contributed by atoms with Gasteiger partial charge in [0.25, 0.3) is 0 Å². The van der Waals surface area contributed by atoms with Crippen LogP contribution in [0.4, 0.5) is 0 Å². The van der Waals surface area contributed by atoms with E-state index in [1.807, 2.05) is 0 Å². The Kier molecular flexibility index (Phi) is 8.24. The number of ether oxygens (including phenoxy) is 3. The van der Waals surface area contributed by atoms with Crippen molar-refractivity contribution in [1.29, 1.82) is 0 Å². The van der Waals surface area contributed by atoms with Crippen LogP contribution < -0.4 is 4.74 Å². The molecule has 1 heterocycles. The molecule has 0 bridgehead atoms. The third-order valence-corrected chi connectivity index (χ3v) is 7.06. The molecule has 0 aromatic heterocycles. The number of benzene rings is 2. The van der Waals surface area contributed by atoms with Crippen molar-refractivity contribution in [2.45, 2.75) is 30.6 Å². The first-order chi connectivity index (χ1) is 15.4. The Bertz CT molecular complexity index is 1030. The highest BCUT2D eigenvalue weighted by Crippen LogP contribution is 2.29. The van der Waals surface area contributed by atoms with Crippen LogP contribution in [0.1, 0.15) is 46.4 Å². The molecule has 0 aliphatic carbocycles. The summed E-state index contributed by atoms with van der Waals surface area (Å²) in [4.78, 5) is 24.3. The molecule has 0 radical (unpaired) electrons. The second kappa shape index (κ2) is 11.1. The van der Waals surface area contributed by atoms with Crippen molar-refractivity contribution in [2.24, 2.45) is 0 Å². The fourth-order valence-electron chi connectivity index (χ4n) is 3.44. The zero-order chi connectivity index (χ0) is 23.0. The predicted octanol–water partition coefficient (Wildman–Crippen LogP) is 3.27. The highest BCUT2D eigenvalue weighted by atomic mass is 32.2. The van der Waals surface area contributed by atoms with Crippen molar-refractivity contribution in [2.75, 3.05) is 33.4 Å². The van der Waals surface area contributed by atoms with Gasteiger partial charge in [-0.25, -0.2) is 18.0 Å². The summed E-state index contributed by atoms with van der Waals surface area (Å²) < 4.78 is 43.3. The van der Waals surface area contributed by atoms with Crippen molar-refractivity contribution in [3.8, 4) is 5.75 Å². The van der Waals surface area contributed by atoms with Crippen molar-refractivity contribution in [3.05, 3.63) is 59.7 Å². The molecule has 0 spiro atoms. The van der Waals surface area contributed by atoms with Gasteiger partial charge in [-0.2, -0.15) is 4.31 Å². The van der Waals surface area contributed by atoms with Crippen LogP contribution in [0.3, 0.4) is 0 Å². The molecule has 0 amide bonds. The number of hydrogen-bond donors (Lipinski definition) is 0. The van der Waals surface area contributed by atoms with Crippen molar-refractivity contribution in [1.82, 2.24) is 4.31 Å². The van der Waals surface area contributed by atoms with E-state index in [2.05, 4.69) is 0 Å². The predicted molar refractivity (Wildman–Crippen MR) is 117 cm³/mol. The maximum atomic E-state index is 13.2. The second-order valence-electron chi connectivity index (χ2n) is 7.32. The summed E-state index contributed by atoms with van der Waals surface area (Å²) in [5, 5.41) is 0. The van der Waals surface area contributed by atoms with Crippen LogP contribution in [0, 0.1) is 0 Å². The van der Waals surface area contributed by atoms with Gasteiger partial charge in [-0.1, -0.05) is 31.0 Å². The monoisotopic (exact) mass is 461 g/mol. The average molecular weight is 462 g/mol. The van der Waals surface area contributed by atoms with Gasteiger partial charge in [0.15, 0.2) is 0 Å². The minimum absolute atomic E-state index is 0.0631. The molecule has 1 fully saturated rings. The molecule has 172 valence electrons. The number of carbonyl (C=O) groups excluding carboxylic acids is 2. The standard InChI is InChI=1S/C23H27NO7S/c1-29-20-12-11-19(17-21(20)32(27,28)24-13-7-2-3-8-14-24)23(26)31-16-15-30-22(25)18-9-5-4-6-10-18/h4-6,9-12,17H,2-3,7-8,13-16H2,1H3. The Balaban J connectivity index is 1.65. The van der Waals surface area contributed by atoms with Gasteiger partial charge in [-0.3, -0.25) is 0 Å². The molecule has 0 saturated carbocycles. The van der Waals surface area contributed by atoms with E-state index >= 15 is 0 Å². The Morgan fingerprint density at radius 3 is 2.03 bits per heavy atom. The van der Waals surface area contributed by atoms with Gasteiger partial charge in [0, 0.05) is 13.1 Å². The summed E-state index contributed by atoms with van der Waals surface area (Å²) in [6, 6.07) is 12.6. The zero-order valence-corrected chi connectivity index (χ0v) is 18.8. The van der Waals surface area contributed by atoms with E-state index in [0.717, 1.165) is 25.7 Å². The van der Waals surface area contributed by atoms with Crippen LogP contribution in [-0.2, 0) is 19.5 Å². The number of methoxy groups -OCH3 is 1. The van der Waals surface area contributed by atoms with Crippen LogP contribution in [0.5, 0.6) is 5.75 Å². The third-order valence-electron chi connectivity index (χ3n) is 5.14. The van der Waals surface area contributed by atoms with Crippen LogP contribution in [-0.4, -0.2) is 58.1 Å². The summed E-state index contributed by atoms with van der Waals surface area (Å²) in [6.45, 7) is 0.603. The largest absolute Gasteiger partial charge is 0.495 e. The molecule has 32 heavy (non-hydrogen) atoms. The van der Waals surface area contributed by atoms with Gasteiger partial charge < -0.3 is 14.2 Å². The minimum Gasteiger partial charge on any atom is -0.495 e. The lowest BCUT2D eigenvalue weighted by Gasteiger charge is -2.21. The van der Waals surface area contributed by atoms with Gasteiger partial charge in [0.05, 0.1) is 18.2 Å². The van der Waals surface area contributed by atoms with Gasteiger partial charge in [0.1, 0.15) is 23.9 Å². The van der Waals surface area contributed by atoms with Crippen LogP contribution in [0.15, 0.2) is 53.4 Å². The molecule has 9 heteroatoms. The summed E-state index contributed by atoms with van der Waals surface area (Å²) >= 11 is 0. The zero-order valence-electron chi connectivity index (χ0n) is 18.0. The average Bonchev–Trinajstić information content (AvgIpc) is 3.12. The summed E-state index contributed by atoms with van der Waals surface area (Å²) in [5.41, 5.74) is 0.478. The number of carbonyl (C=O) groups is 2. The van der Waals surface area contributed by atoms with Gasteiger partial charge in [-0.05, 0) is 43.2 Å². The summed E-state index contributed by atoms with van der Waals surface area (Å²) in [5.74, 6) is -1.06. The fourth-order valence-corrected chi connectivity index (χ4v) is 5.13. The SMILES string of the molecule is COc1ccc(C(=O)OCCOC(=O)c2ccccc2)cc1S(=O)(=O)N1CCCCCC1. The van der Waals surface area contributed by atoms with E-state index in [-0.39, 0.29) is 29.4 Å². The van der Waals surface area contributed by atoms with E-state index in [1.165, 1.54) is 29.6 Å². The smallest absolute Gasteiger partial charge is 0.338 e. The normalized spacial score (nSPS) is 14.9. The van der Waals surface area contributed by atoms with E-state index in [4.69, 9.17) is 14.2 Å². The Morgan fingerprint density at radius 2 is 1.44 bits per heavy atom. The lowest BCUT2D eigenvalue weighted by molar-refractivity contribution is 0.0265. The van der Waals surface area contributed by atoms with Crippen LogP contribution in [0.25, 0.3) is 0 Å². The number of nitrogens with zero attached hydrogens (tertiary/aromatic N) is 1. The minimum atomic E-state index is -3.82. The van der Waals surface area contributed by atoms with E-state index < -0.39 is 22.0 Å². The topological polar surface area (TPSA) is 99.2 Å². The molecule has 0 N–H and O–H groups in total. The molecular formula is C23H27NO7S. The van der Waals surface area contributed by atoms with Crippen molar-refractivity contribution >= 4 is 22.0 Å². The molecule has 1 aliphatic heterocycles. The first-order valence-electron chi connectivity index (χ1n) is 10.5. The van der Waals surface area contributed by atoms with Gasteiger partial charge in [-0.15, -0.1) is 0 Å². The molecule has 0 unspecified atom stereocenters. The first-order valence-corrected chi connectivity index (χ1v) is 11.9. The Hall–Kier alpha value is -2.91. The molecule has 1 aliphatic rings. The Labute approximate surface area is 188 Å². The number of sulfonamides is 1. The molecular weight excluding hydrogens is 434 g/mol. The number of rotatable bonds is 8. The molecule has 3 rings (SSSR count). The lowest BCUT2D eigenvalue weighted by atomic mass is 10.2. The van der Waals surface area contributed by atoms with Gasteiger partial charge >= 0.3 is 11.9 Å². The molecule has 2 aromatic carbocycles. The lowest BCUT2D eigenvalue weighted by Crippen LogP contribution is -2.32. The molecule has 1 saturated heterocycles. The first kappa shape index (κ1) is 23.7. The quantitative estimate of drug-likeness (QED) is 0.439. The summed E-state index contributed by atoms with van der Waals surface area (Å²) in [6.07, 6.45) is 3.57. The van der Waals surface area contributed by atoms with Crippen LogP contribution in [0.2, 0.25) is 0 Å². The molecule has 8 nitrogen and oxygen atoms in total. The highest BCUT2D eigenvalue weighted by Gasteiger charge is 2.29. The maximum Gasteiger partial charge on any atom is 0.338 e. The van der Waals surface area contributed by atoms with E-state index in [1.54, 1.807) is 30.3 Å². The third kappa shape index (κ3) is 5.86. The Morgan fingerprint density at radius 1 is 0.844 bits per heavy atom. The maximum absolute atomic E-state index is 13.2. The van der Waals surface area contributed by atoms with Crippen molar-refractivity contribution < 1.29 is 32.2 Å². The number of esters is 2. The van der Waals surface area contributed by atoms with Crippen LogP contribution >= 0.6 is 0 Å². The molecule has 0 atom stereocenters. The second-order valence-corrected chi connectivity index (χ2v) is 9.23. The highest BCUT2D eigenvalue weighted by molar-refractivity contribution is 7.89. The number of hydrogen-bond acceptors (Lipinski definition) is 7. The molecule has 2 aromatic rings. The van der Waals surface area contributed by atoms with E-state index in [9.17, 15) is 18.0 Å².